The van der Waals surface area contributed by atoms with Crippen molar-refractivity contribution in [2.45, 2.75) is 32.1 Å². The Morgan fingerprint density at radius 2 is 2.11 bits per heavy atom. The van der Waals surface area contributed by atoms with Crippen molar-refractivity contribution in [1.29, 1.82) is 0 Å². The highest BCUT2D eigenvalue weighted by atomic mass is 16.1. The first-order chi connectivity index (χ1) is 8.79. The number of nitrogens with one attached hydrogen (secondary N) is 2. The Kier molecular flexibility index (Phi) is 4.46. The summed E-state index contributed by atoms with van der Waals surface area (Å²) < 4.78 is 0. The van der Waals surface area contributed by atoms with Gasteiger partial charge in [0.1, 0.15) is 0 Å². The van der Waals surface area contributed by atoms with Crippen LogP contribution in [0.2, 0.25) is 0 Å². The van der Waals surface area contributed by atoms with Gasteiger partial charge in [-0.25, -0.2) is 5.84 Å². The molecule has 0 atom stereocenters. The molecule has 1 aromatic rings. The van der Waals surface area contributed by atoms with Gasteiger partial charge in [0.2, 0.25) is 0 Å². The second-order valence-electron chi connectivity index (χ2n) is 4.64. The summed E-state index contributed by atoms with van der Waals surface area (Å²) in [5.41, 5.74) is 2.69. The number of nitrogens with two attached hydrogens (primary N) is 1. The number of anilines is 1. The van der Waals surface area contributed by atoms with E-state index < -0.39 is 0 Å². The smallest absolute Gasteiger partial charge is 0.271 e. The second-order valence-corrected chi connectivity index (χ2v) is 4.64. The number of amides is 1. The van der Waals surface area contributed by atoms with Gasteiger partial charge in [-0.05, 0) is 24.5 Å². The third-order valence-electron chi connectivity index (χ3n) is 3.36. The molecule has 0 saturated heterocycles. The number of rotatable bonds is 5. The molecule has 18 heavy (non-hydrogen) atoms. The van der Waals surface area contributed by atoms with Crippen LogP contribution in [0, 0.1) is 5.92 Å². The van der Waals surface area contributed by atoms with Crippen LogP contribution in [0.3, 0.4) is 0 Å². The fraction of sp³-hybridized carbons (Fsp3) is 0.583. The number of aromatic nitrogens is 2. The molecule has 4 N–H and O–H groups in total. The monoisotopic (exact) mass is 249 g/mol. The van der Waals surface area contributed by atoms with Crippen LogP contribution in [0.1, 0.15) is 42.6 Å². The van der Waals surface area contributed by atoms with Crippen molar-refractivity contribution >= 4 is 11.7 Å². The Morgan fingerprint density at radius 3 is 2.72 bits per heavy atom. The first-order valence-corrected chi connectivity index (χ1v) is 6.38. The lowest BCUT2D eigenvalue weighted by Crippen LogP contribution is -2.26. The lowest BCUT2D eigenvalue weighted by molar-refractivity contribution is 0.0945. The van der Waals surface area contributed by atoms with E-state index in [1.165, 1.54) is 25.7 Å². The summed E-state index contributed by atoms with van der Waals surface area (Å²) in [6.45, 7) is 0.710. The Bertz CT molecular complexity index is 386. The van der Waals surface area contributed by atoms with Crippen molar-refractivity contribution < 1.29 is 4.79 Å². The molecule has 98 valence electrons. The van der Waals surface area contributed by atoms with E-state index in [2.05, 4.69) is 20.9 Å². The first-order valence-electron chi connectivity index (χ1n) is 6.38. The van der Waals surface area contributed by atoms with Crippen molar-refractivity contribution in [3.05, 3.63) is 17.8 Å². The van der Waals surface area contributed by atoms with Crippen molar-refractivity contribution in [3.8, 4) is 0 Å². The maximum Gasteiger partial charge on any atom is 0.271 e. The highest BCUT2D eigenvalue weighted by molar-refractivity contribution is 5.92. The molecule has 0 aliphatic heterocycles. The predicted octanol–water partition coefficient (Wildman–Crippen LogP) is 1.07. The molecule has 1 amide bonds. The van der Waals surface area contributed by atoms with Crippen LogP contribution in [0.15, 0.2) is 12.1 Å². The van der Waals surface area contributed by atoms with E-state index in [1.54, 1.807) is 12.1 Å². The molecule has 1 heterocycles. The molecule has 0 bridgehead atoms. The van der Waals surface area contributed by atoms with Crippen LogP contribution in [0.4, 0.5) is 5.82 Å². The maximum absolute atomic E-state index is 11.8. The predicted molar refractivity (Wildman–Crippen MR) is 68.8 cm³/mol. The van der Waals surface area contributed by atoms with Crippen LogP contribution in [-0.4, -0.2) is 22.6 Å². The van der Waals surface area contributed by atoms with Gasteiger partial charge in [0.05, 0.1) is 0 Å². The zero-order valence-corrected chi connectivity index (χ0v) is 10.4. The molecule has 6 heteroatoms. The molecular weight excluding hydrogens is 230 g/mol. The van der Waals surface area contributed by atoms with E-state index in [4.69, 9.17) is 5.84 Å². The Hall–Kier alpha value is -1.69. The van der Waals surface area contributed by atoms with Gasteiger partial charge in [-0.3, -0.25) is 4.79 Å². The standard InChI is InChI=1S/C12H19N5O/c13-15-11-6-5-10(16-17-11)12(18)14-8-7-9-3-1-2-4-9/h5-6,9H,1-4,7-8,13H2,(H,14,18)(H,15,17). The average Bonchev–Trinajstić information content (AvgIpc) is 2.92. The topological polar surface area (TPSA) is 92.9 Å². The number of carbonyl (C=O) groups is 1. The van der Waals surface area contributed by atoms with Gasteiger partial charge in [0.15, 0.2) is 11.5 Å². The van der Waals surface area contributed by atoms with E-state index in [0.717, 1.165) is 12.3 Å². The Labute approximate surface area is 106 Å². The van der Waals surface area contributed by atoms with Crippen LogP contribution in [0.25, 0.3) is 0 Å². The highest BCUT2D eigenvalue weighted by Gasteiger charge is 2.15. The minimum atomic E-state index is -0.177. The van der Waals surface area contributed by atoms with Crippen LogP contribution in [0.5, 0.6) is 0 Å². The normalized spacial score (nSPS) is 15.6. The second kappa shape index (κ2) is 6.30. The van der Waals surface area contributed by atoms with Gasteiger partial charge in [-0.1, -0.05) is 25.7 Å². The Balaban J connectivity index is 1.76. The van der Waals surface area contributed by atoms with Gasteiger partial charge in [-0.15, -0.1) is 10.2 Å². The number of hydrogen-bond acceptors (Lipinski definition) is 5. The van der Waals surface area contributed by atoms with Crippen LogP contribution in [-0.2, 0) is 0 Å². The number of hydrazine groups is 1. The first kappa shape index (κ1) is 12.8. The summed E-state index contributed by atoms with van der Waals surface area (Å²) in [4.78, 5) is 11.8. The van der Waals surface area contributed by atoms with Crippen LogP contribution < -0.4 is 16.6 Å². The quantitative estimate of drug-likeness (QED) is 0.536. The Morgan fingerprint density at radius 1 is 1.33 bits per heavy atom. The third kappa shape index (κ3) is 3.40. The minimum absolute atomic E-state index is 0.177. The summed E-state index contributed by atoms with van der Waals surface area (Å²) in [5.74, 6) is 6.22. The van der Waals surface area contributed by atoms with Gasteiger partial charge >= 0.3 is 0 Å². The minimum Gasteiger partial charge on any atom is -0.351 e. The molecule has 1 fully saturated rings. The lowest BCUT2D eigenvalue weighted by atomic mass is 10.0. The molecule has 0 unspecified atom stereocenters. The summed E-state index contributed by atoms with van der Waals surface area (Å²) >= 11 is 0. The highest BCUT2D eigenvalue weighted by Crippen LogP contribution is 2.26. The molecule has 1 aromatic heterocycles. The van der Waals surface area contributed by atoms with Crippen LogP contribution >= 0.6 is 0 Å². The number of nitrogen functional groups attached to an aromatic ring is 1. The zero-order valence-electron chi connectivity index (χ0n) is 10.4. The van der Waals surface area contributed by atoms with Gasteiger partial charge in [0.25, 0.3) is 5.91 Å². The average molecular weight is 249 g/mol. The summed E-state index contributed by atoms with van der Waals surface area (Å²) in [6, 6.07) is 3.23. The van der Waals surface area contributed by atoms with E-state index >= 15 is 0 Å². The zero-order chi connectivity index (χ0) is 12.8. The number of hydrogen-bond donors (Lipinski definition) is 3. The molecule has 0 radical (unpaired) electrons. The van der Waals surface area contributed by atoms with E-state index in [9.17, 15) is 4.79 Å². The van der Waals surface area contributed by atoms with Gasteiger partial charge in [-0.2, -0.15) is 0 Å². The van der Waals surface area contributed by atoms with E-state index in [1.807, 2.05) is 0 Å². The lowest BCUT2D eigenvalue weighted by Gasteiger charge is -2.09. The third-order valence-corrected chi connectivity index (χ3v) is 3.36. The number of nitrogens with zero attached hydrogens (tertiary/aromatic N) is 2. The van der Waals surface area contributed by atoms with E-state index in [-0.39, 0.29) is 5.91 Å². The molecule has 2 rings (SSSR count). The molecule has 0 spiro atoms. The molecule has 1 aliphatic carbocycles. The summed E-state index contributed by atoms with van der Waals surface area (Å²) in [5, 5.41) is 10.4. The summed E-state index contributed by atoms with van der Waals surface area (Å²) in [7, 11) is 0. The fourth-order valence-corrected chi connectivity index (χ4v) is 2.31. The van der Waals surface area contributed by atoms with E-state index in [0.29, 0.717) is 18.1 Å². The van der Waals surface area contributed by atoms with Gasteiger partial charge < -0.3 is 10.7 Å². The maximum atomic E-state index is 11.8. The molecule has 1 aliphatic rings. The SMILES string of the molecule is NNc1ccc(C(=O)NCCC2CCCC2)nn1. The van der Waals surface area contributed by atoms with Crippen molar-refractivity contribution in [1.82, 2.24) is 15.5 Å². The summed E-state index contributed by atoms with van der Waals surface area (Å²) in [6.07, 6.45) is 6.32. The molecule has 1 saturated carbocycles. The van der Waals surface area contributed by atoms with Crippen molar-refractivity contribution in [3.63, 3.8) is 0 Å². The largest absolute Gasteiger partial charge is 0.351 e. The number of carbonyl (C=O) groups excluding carboxylic acids is 1. The molecule has 6 nitrogen and oxygen atoms in total. The molecular formula is C12H19N5O. The van der Waals surface area contributed by atoms with Crippen molar-refractivity contribution in [2.24, 2.45) is 11.8 Å². The van der Waals surface area contributed by atoms with Crippen molar-refractivity contribution in [2.75, 3.05) is 12.0 Å². The molecule has 0 aromatic carbocycles. The van der Waals surface area contributed by atoms with Gasteiger partial charge in [0, 0.05) is 6.54 Å². The fourth-order valence-electron chi connectivity index (χ4n) is 2.31.